The van der Waals surface area contributed by atoms with Gasteiger partial charge in [0.25, 0.3) is 0 Å². The molecule has 1 aliphatic rings. The molecule has 6 heteroatoms. The second kappa shape index (κ2) is 6.69. The Morgan fingerprint density at radius 2 is 1.90 bits per heavy atom. The molecule has 0 aromatic heterocycles. The number of nitrogens with two attached hydrogens (primary N) is 1. The zero-order chi connectivity index (χ0) is 15.3. The average Bonchev–Trinajstić information content (AvgIpc) is 2.48. The van der Waals surface area contributed by atoms with Gasteiger partial charge in [-0.3, -0.25) is 4.79 Å². The third-order valence-corrected chi connectivity index (χ3v) is 3.72. The summed E-state index contributed by atoms with van der Waals surface area (Å²) in [6.45, 7) is 0.834. The first kappa shape index (κ1) is 15.5. The highest BCUT2D eigenvalue weighted by molar-refractivity contribution is 5.90. The average molecular weight is 292 g/mol. The topological polar surface area (TPSA) is 102 Å². The summed E-state index contributed by atoms with van der Waals surface area (Å²) < 4.78 is 5.19. The predicted molar refractivity (Wildman–Crippen MR) is 76.7 cm³/mol. The van der Waals surface area contributed by atoms with Gasteiger partial charge in [0.05, 0.1) is 5.54 Å². The Morgan fingerprint density at radius 3 is 2.48 bits per heavy atom. The summed E-state index contributed by atoms with van der Waals surface area (Å²) in [7, 11) is 0. The summed E-state index contributed by atoms with van der Waals surface area (Å²) in [4.78, 5) is 23.6. The van der Waals surface area contributed by atoms with E-state index in [4.69, 9.17) is 10.5 Å². The van der Waals surface area contributed by atoms with Crippen molar-refractivity contribution < 1.29 is 19.4 Å². The lowest BCUT2D eigenvalue weighted by Gasteiger charge is -2.32. The van der Waals surface area contributed by atoms with Crippen molar-refractivity contribution in [3.05, 3.63) is 35.9 Å². The van der Waals surface area contributed by atoms with Gasteiger partial charge in [-0.2, -0.15) is 0 Å². The lowest BCUT2D eigenvalue weighted by Crippen LogP contribution is -2.60. The van der Waals surface area contributed by atoms with Crippen LogP contribution in [0.4, 0.5) is 0 Å². The summed E-state index contributed by atoms with van der Waals surface area (Å²) in [5, 5.41) is 11.8. The minimum atomic E-state index is -1.07. The molecule has 0 bridgehead atoms. The minimum absolute atomic E-state index is 0.231. The monoisotopic (exact) mass is 292 g/mol. The van der Waals surface area contributed by atoms with Gasteiger partial charge < -0.3 is 20.9 Å². The number of ether oxygens (including phenoxy) is 1. The number of hydrogen-bond acceptors (Lipinski definition) is 4. The second-order valence-corrected chi connectivity index (χ2v) is 5.32. The van der Waals surface area contributed by atoms with Gasteiger partial charge in [-0.25, -0.2) is 4.79 Å². The molecule has 1 aliphatic heterocycles. The SMILES string of the molecule is NC1(C(=O)NC(Cc2ccccc2)C(=O)O)CCOCC1. The summed E-state index contributed by atoms with van der Waals surface area (Å²) in [6.07, 6.45) is 1.03. The van der Waals surface area contributed by atoms with Gasteiger partial charge in [-0.1, -0.05) is 30.3 Å². The molecule has 21 heavy (non-hydrogen) atoms. The van der Waals surface area contributed by atoms with E-state index in [2.05, 4.69) is 5.32 Å². The lowest BCUT2D eigenvalue weighted by molar-refractivity contribution is -0.143. The third kappa shape index (κ3) is 4.03. The van der Waals surface area contributed by atoms with Crippen LogP contribution >= 0.6 is 0 Å². The van der Waals surface area contributed by atoms with Crippen LogP contribution < -0.4 is 11.1 Å². The van der Waals surface area contributed by atoms with E-state index >= 15 is 0 Å². The smallest absolute Gasteiger partial charge is 0.326 e. The first-order valence-electron chi connectivity index (χ1n) is 6.95. The van der Waals surface area contributed by atoms with E-state index in [1.54, 1.807) is 0 Å². The molecule has 6 nitrogen and oxygen atoms in total. The molecule has 114 valence electrons. The van der Waals surface area contributed by atoms with E-state index in [0.717, 1.165) is 5.56 Å². The maximum atomic E-state index is 12.3. The predicted octanol–water partition coefficient (Wildman–Crippen LogP) is 0.306. The van der Waals surface area contributed by atoms with Crippen LogP contribution in [-0.4, -0.2) is 41.8 Å². The van der Waals surface area contributed by atoms with Crippen LogP contribution in [0.5, 0.6) is 0 Å². The van der Waals surface area contributed by atoms with E-state index < -0.39 is 23.5 Å². The number of amides is 1. The van der Waals surface area contributed by atoms with Crippen molar-refractivity contribution in [3.8, 4) is 0 Å². The Kier molecular flexibility index (Phi) is 4.93. The molecule has 1 unspecified atom stereocenters. The molecule has 4 N–H and O–H groups in total. The van der Waals surface area contributed by atoms with Crippen LogP contribution in [0.2, 0.25) is 0 Å². The number of nitrogens with one attached hydrogen (secondary N) is 1. The second-order valence-electron chi connectivity index (χ2n) is 5.32. The number of aliphatic carboxylic acids is 1. The highest BCUT2D eigenvalue weighted by Crippen LogP contribution is 2.18. The summed E-state index contributed by atoms with van der Waals surface area (Å²) >= 11 is 0. The zero-order valence-corrected chi connectivity index (χ0v) is 11.7. The van der Waals surface area contributed by atoms with Crippen LogP contribution in [0.3, 0.4) is 0 Å². The number of carbonyl (C=O) groups is 2. The molecule has 0 saturated carbocycles. The molecule has 1 amide bonds. The number of carboxylic acid groups (broad SMARTS) is 1. The van der Waals surface area contributed by atoms with E-state index in [9.17, 15) is 14.7 Å². The molecule has 1 aromatic carbocycles. The molecule has 1 atom stereocenters. The molecule has 0 aliphatic carbocycles. The maximum absolute atomic E-state index is 12.3. The normalized spacial score (nSPS) is 18.7. The van der Waals surface area contributed by atoms with Crippen molar-refractivity contribution in [3.63, 3.8) is 0 Å². The number of carboxylic acids is 1. The van der Waals surface area contributed by atoms with Gasteiger partial charge in [-0.05, 0) is 18.4 Å². The molecular formula is C15H20N2O4. The first-order valence-corrected chi connectivity index (χ1v) is 6.95. The summed E-state index contributed by atoms with van der Waals surface area (Å²) in [5.74, 6) is -1.49. The highest BCUT2D eigenvalue weighted by atomic mass is 16.5. The van der Waals surface area contributed by atoms with Crippen molar-refractivity contribution in [2.24, 2.45) is 5.73 Å². The van der Waals surface area contributed by atoms with Crippen LogP contribution in [0.15, 0.2) is 30.3 Å². The van der Waals surface area contributed by atoms with Crippen molar-refractivity contribution >= 4 is 11.9 Å². The molecule has 0 radical (unpaired) electrons. The third-order valence-electron chi connectivity index (χ3n) is 3.72. The Hall–Kier alpha value is -1.92. The van der Waals surface area contributed by atoms with Crippen LogP contribution in [-0.2, 0) is 20.7 Å². The number of benzene rings is 1. The van der Waals surface area contributed by atoms with E-state index in [-0.39, 0.29) is 6.42 Å². The first-order chi connectivity index (χ1) is 10.0. The van der Waals surface area contributed by atoms with Crippen LogP contribution in [0, 0.1) is 0 Å². The standard InChI is InChI=1S/C15H20N2O4/c16-15(6-8-21-9-7-15)14(20)17-12(13(18)19)10-11-4-2-1-3-5-11/h1-5,12H,6-10,16H2,(H,17,20)(H,18,19). The fourth-order valence-electron chi connectivity index (χ4n) is 2.31. The van der Waals surface area contributed by atoms with E-state index in [1.165, 1.54) is 0 Å². The Labute approximate surface area is 123 Å². The molecule has 2 rings (SSSR count). The highest BCUT2D eigenvalue weighted by Gasteiger charge is 2.37. The molecule has 1 heterocycles. The largest absolute Gasteiger partial charge is 0.480 e. The Balaban J connectivity index is 2.02. The van der Waals surface area contributed by atoms with E-state index in [1.807, 2.05) is 30.3 Å². The van der Waals surface area contributed by atoms with Gasteiger partial charge in [-0.15, -0.1) is 0 Å². The minimum Gasteiger partial charge on any atom is -0.480 e. The van der Waals surface area contributed by atoms with Crippen LogP contribution in [0.1, 0.15) is 18.4 Å². The van der Waals surface area contributed by atoms with Crippen molar-refractivity contribution in [2.45, 2.75) is 30.8 Å². The van der Waals surface area contributed by atoms with Gasteiger partial charge in [0.2, 0.25) is 5.91 Å². The quantitative estimate of drug-likeness (QED) is 0.725. The number of rotatable bonds is 5. The maximum Gasteiger partial charge on any atom is 0.326 e. The van der Waals surface area contributed by atoms with Gasteiger partial charge >= 0.3 is 5.97 Å². The van der Waals surface area contributed by atoms with Crippen LogP contribution in [0.25, 0.3) is 0 Å². The van der Waals surface area contributed by atoms with Gasteiger partial charge in [0, 0.05) is 19.6 Å². The fourth-order valence-corrected chi connectivity index (χ4v) is 2.31. The Morgan fingerprint density at radius 1 is 1.29 bits per heavy atom. The fraction of sp³-hybridized carbons (Fsp3) is 0.467. The Bertz CT molecular complexity index is 498. The molecule has 1 fully saturated rings. The number of hydrogen-bond donors (Lipinski definition) is 3. The summed E-state index contributed by atoms with van der Waals surface area (Å²) in [5.41, 5.74) is 5.87. The summed E-state index contributed by atoms with van der Waals surface area (Å²) in [6, 6.07) is 8.19. The lowest BCUT2D eigenvalue weighted by atomic mass is 9.90. The van der Waals surface area contributed by atoms with Gasteiger partial charge in [0.15, 0.2) is 0 Å². The van der Waals surface area contributed by atoms with E-state index in [0.29, 0.717) is 26.1 Å². The van der Waals surface area contributed by atoms with Gasteiger partial charge in [0.1, 0.15) is 6.04 Å². The van der Waals surface area contributed by atoms with Crippen molar-refractivity contribution in [2.75, 3.05) is 13.2 Å². The van der Waals surface area contributed by atoms with Crippen molar-refractivity contribution in [1.82, 2.24) is 5.32 Å². The molecule has 0 spiro atoms. The molecule has 1 saturated heterocycles. The molecule has 1 aromatic rings. The van der Waals surface area contributed by atoms with Crippen molar-refractivity contribution in [1.29, 1.82) is 0 Å². The molecular weight excluding hydrogens is 272 g/mol. The zero-order valence-electron chi connectivity index (χ0n) is 11.7. The number of carbonyl (C=O) groups excluding carboxylic acids is 1.